The molecule has 29 heavy (non-hydrogen) atoms. The van der Waals surface area contributed by atoms with Gasteiger partial charge in [-0.2, -0.15) is 0 Å². The highest BCUT2D eigenvalue weighted by atomic mass is 16.5. The minimum atomic E-state index is -0.878. The van der Waals surface area contributed by atoms with Gasteiger partial charge < -0.3 is 9.47 Å². The zero-order valence-corrected chi connectivity index (χ0v) is 16.4. The lowest BCUT2D eigenvalue weighted by atomic mass is 9.88. The molecule has 4 rings (SSSR count). The summed E-state index contributed by atoms with van der Waals surface area (Å²) in [7, 11) is 0. The highest BCUT2D eigenvalue weighted by molar-refractivity contribution is 6.00. The van der Waals surface area contributed by atoms with Crippen molar-refractivity contribution in [1.29, 1.82) is 0 Å². The Morgan fingerprint density at radius 3 is 2.00 bits per heavy atom. The van der Waals surface area contributed by atoms with Gasteiger partial charge in [0.15, 0.2) is 6.10 Å². The Morgan fingerprint density at radius 2 is 1.45 bits per heavy atom. The molecule has 0 amide bonds. The molecule has 0 aliphatic carbocycles. The molecule has 0 saturated carbocycles. The third-order valence-corrected chi connectivity index (χ3v) is 5.22. The normalized spacial score (nSPS) is 13.6. The van der Waals surface area contributed by atoms with Crippen LogP contribution >= 0.6 is 0 Å². The van der Waals surface area contributed by atoms with E-state index >= 15 is 0 Å². The molecule has 1 aliphatic heterocycles. The highest BCUT2D eigenvalue weighted by Gasteiger charge is 2.35. The van der Waals surface area contributed by atoms with E-state index in [0.717, 1.165) is 23.1 Å². The topological polar surface area (TPSA) is 52.6 Å². The minimum absolute atomic E-state index is 0.213. The first-order valence-electron chi connectivity index (χ1n) is 9.78. The van der Waals surface area contributed by atoms with Crippen molar-refractivity contribution < 1.29 is 19.1 Å². The van der Waals surface area contributed by atoms with E-state index in [1.165, 1.54) is 0 Å². The van der Waals surface area contributed by atoms with Gasteiger partial charge in [-0.25, -0.2) is 0 Å². The van der Waals surface area contributed by atoms with Gasteiger partial charge in [0.25, 0.3) is 0 Å². The second-order valence-electron chi connectivity index (χ2n) is 7.10. The molecular formula is C25H22O4. The fourth-order valence-electron chi connectivity index (χ4n) is 3.60. The lowest BCUT2D eigenvalue weighted by Crippen LogP contribution is -2.29. The quantitative estimate of drug-likeness (QED) is 0.441. The monoisotopic (exact) mass is 386 g/mol. The SMILES string of the molecule is CCc1ccc(C(=O)[C@@H](C)OC(=O)C2c3ccccc3Oc3ccccc32)cc1. The van der Waals surface area contributed by atoms with Gasteiger partial charge in [0, 0.05) is 16.7 Å². The van der Waals surface area contributed by atoms with Crippen molar-refractivity contribution in [3.05, 3.63) is 95.1 Å². The van der Waals surface area contributed by atoms with E-state index in [4.69, 9.17) is 9.47 Å². The van der Waals surface area contributed by atoms with Crippen LogP contribution in [-0.4, -0.2) is 17.9 Å². The van der Waals surface area contributed by atoms with Gasteiger partial charge in [-0.15, -0.1) is 0 Å². The van der Waals surface area contributed by atoms with Crippen molar-refractivity contribution in [2.24, 2.45) is 0 Å². The smallest absolute Gasteiger partial charge is 0.318 e. The maximum Gasteiger partial charge on any atom is 0.318 e. The summed E-state index contributed by atoms with van der Waals surface area (Å²) in [4.78, 5) is 25.9. The molecule has 4 heteroatoms. The molecule has 0 radical (unpaired) electrons. The Bertz CT molecular complexity index is 1010. The Labute approximate surface area is 170 Å². The van der Waals surface area contributed by atoms with Gasteiger partial charge in [0.05, 0.1) is 0 Å². The number of ether oxygens (including phenoxy) is 2. The second-order valence-corrected chi connectivity index (χ2v) is 7.10. The van der Waals surface area contributed by atoms with E-state index in [-0.39, 0.29) is 5.78 Å². The molecule has 4 nitrogen and oxygen atoms in total. The van der Waals surface area contributed by atoms with Crippen LogP contribution in [0.1, 0.15) is 46.8 Å². The number of fused-ring (bicyclic) bond motifs is 2. The molecule has 0 N–H and O–H groups in total. The van der Waals surface area contributed by atoms with E-state index in [2.05, 4.69) is 6.92 Å². The number of Topliss-reactive ketones (excluding diaryl/α,β-unsaturated/α-hetero) is 1. The number of aryl methyl sites for hydroxylation is 1. The molecule has 0 bridgehead atoms. The van der Waals surface area contributed by atoms with Crippen LogP contribution in [0.4, 0.5) is 0 Å². The van der Waals surface area contributed by atoms with E-state index in [0.29, 0.717) is 17.1 Å². The molecule has 0 fully saturated rings. The molecule has 0 unspecified atom stereocenters. The number of carbonyl (C=O) groups is 2. The predicted octanol–water partition coefficient (Wildman–Crippen LogP) is 5.30. The molecule has 3 aromatic rings. The molecule has 3 aromatic carbocycles. The van der Waals surface area contributed by atoms with Crippen molar-refractivity contribution in [1.82, 2.24) is 0 Å². The van der Waals surface area contributed by atoms with Gasteiger partial charge in [0.2, 0.25) is 5.78 Å². The number of carbonyl (C=O) groups excluding carboxylic acids is 2. The average Bonchev–Trinajstić information content (AvgIpc) is 2.76. The Balaban J connectivity index is 1.59. The zero-order valence-electron chi connectivity index (χ0n) is 16.4. The van der Waals surface area contributed by atoms with Gasteiger partial charge >= 0.3 is 5.97 Å². The maximum atomic E-state index is 13.1. The molecule has 1 heterocycles. The van der Waals surface area contributed by atoms with E-state index in [9.17, 15) is 9.59 Å². The molecule has 1 atom stereocenters. The number of para-hydroxylation sites is 2. The highest BCUT2D eigenvalue weighted by Crippen LogP contribution is 2.44. The van der Waals surface area contributed by atoms with Crippen LogP contribution in [0.25, 0.3) is 0 Å². The number of rotatable bonds is 5. The number of benzene rings is 3. The van der Waals surface area contributed by atoms with E-state index in [1.54, 1.807) is 19.1 Å². The lowest BCUT2D eigenvalue weighted by molar-refractivity contribution is -0.147. The van der Waals surface area contributed by atoms with Crippen LogP contribution in [-0.2, 0) is 16.0 Å². The second kappa shape index (κ2) is 7.92. The summed E-state index contributed by atoms with van der Waals surface area (Å²) in [5.74, 6) is -0.0488. The summed E-state index contributed by atoms with van der Waals surface area (Å²) in [5, 5.41) is 0. The van der Waals surface area contributed by atoms with Crippen molar-refractivity contribution in [2.75, 3.05) is 0 Å². The van der Waals surface area contributed by atoms with Gasteiger partial charge in [-0.1, -0.05) is 67.6 Å². The first-order valence-corrected chi connectivity index (χ1v) is 9.78. The summed E-state index contributed by atoms with van der Waals surface area (Å²) in [6, 6.07) is 22.2. The van der Waals surface area contributed by atoms with Crippen LogP contribution in [0.15, 0.2) is 72.8 Å². The molecule has 0 aromatic heterocycles. The van der Waals surface area contributed by atoms with Crippen molar-refractivity contribution in [3.8, 4) is 11.5 Å². The first-order chi connectivity index (χ1) is 14.1. The molecular weight excluding hydrogens is 364 g/mol. The standard InChI is InChI=1S/C25H22O4/c1-3-17-12-14-18(15-13-17)24(26)16(2)28-25(27)23-19-8-4-6-10-21(19)29-22-11-7-5-9-20(22)23/h4-16,23H,3H2,1-2H3/t16-/m1/s1. The largest absolute Gasteiger partial charge is 0.457 e. The van der Waals surface area contributed by atoms with E-state index < -0.39 is 18.0 Å². The summed E-state index contributed by atoms with van der Waals surface area (Å²) in [6.07, 6.45) is 0.0267. The lowest BCUT2D eigenvalue weighted by Gasteiger charge is -2.27. The first kappa shape index (κ1) is 18.9. The maximum absolute atomic E-state index is 13.1. The average molecular weight is 386 g/mol. The Hall–Kier alpha value is -3.40. The fourth-order valence-corrected chi connectivity index (χ4v) is 3.60. The summed E-state index contributed by atoms with van der Waals surface area (Å²) in [5.41, 5.74) is 3.17. The van der Waals surface area contributed by atoms with Crippen LogP contribution in [0.3, 0.4) is 0 Å². The van der Waals surface area contributed by atoms with Crippen LogP contribution in [0, 0.1) is 0 Å². The molecule has 146 valence electrons. The van der Waals surface area contributed by atoms with Crippen LogP contribution in [0.5, 0.6) is 11.5 Å². The molecule has 0 spiro atoms. The zero-order chi connectivity index (χ0) is 20.4. The summed E-state index contributed by atoms with van der Waals surface area (Å²) >= 11 is 0. The fraction of sp³-hybridized carbons (Fsp3) is 0.200. The van der Waals surface area contributed by atoms with Crippen LogP contribution < -0.4 is 4.74 Å². The minimum Gasteiger partial charge on any atom is -0.457 e. The molecule has 1 aliphatic rings. The van der Waals surface area contributed by atoms with Gasteiger partial charge in [0.1, 0.15) is 17.4 Å². The van der Waals surface area contributed by atoms with Crippen LogP contribution in [0.2, 0.25) is 0 Å². The van der Waals surface area contributed by atoms with Crippen molar-refractivity contribution in [2.45, 2.75) is 32.3 Å². The summed E-state index contributed by atoms with van der Waals surface area (Å²) < 4.78 is 11.6. The van der Waals surface area contributed by atoms with Crippen molar-refractivity contribution >= 4 is 11.8 Å². The number of hydrogen-bond acceptors (Lipinski definition) is 4. The third-order valence-electron chi connectivity index (χ3n) is 5.22. The number of hydrogen-bond donors (Lipinski definition) is 0. The van der Waals surface area contributed by atoms with Gasteiger partial charge in [-0.05, 0) is 31.0 Å². The Morgan fingerprint density at radius 1 is 0.897 bits per heavy atom. The number of esters is 1. The Kier molecular flexibility index (Phi) is 5.17. The number of ketones is 1. The predicted molar refractivity (Wildman–Crippen MR) is 111 cm³/mol. The van der Waals surface area contributed by atoms with Crippen molar-refractivity contribution in [3.63, 3.8) is 0 Å². The van der Waals surface area contributed by atoms with Gasteiger partial charge in [-0.3, -0.25) is 9.59 Å². The summed E-state index contributed by atoms with van der Waals surface area (Å²) in [6.45, 7) is 3.68. The van der Waals surface area contributed by atoms with E-state index in [1.807, 2.05) is 60.7 Å². The third kappa shape index (κ3) is 3.66. The molecule has 0 saturated heterocycles.